The highest BCUT2D eigenvalue weighted by atomic mass is 127. The Kier molecular flexibility index (Phi) is 7.42. The Hall–Kier alpha value is -3.07. The second-order valence-electron chi connectivity index (χ2n) is 9.77. The van der Waals surface area contributed by atoms with Crippen LogP contribution in [-0.4, -0.2) is 48.7 Å². The summed E-state index contributed by atoms with van der Waals surface area (Å²) in [4.78, 5) is 20.2. The van der Waals surface area contributed by atoms with Crippen LogP contribution in [0.3, 0.4) is 0 Å². The van der Waals surface area contributed by atoms with Gasteiger partial charge in [-0.15, -0.1) is 0 Å². The molecule has 1 amide bonds. The van der Waals surface area contributed by atoms with Gasteiger partial charge in [-0.25, -0.2) is 4.79 Å². The van der Waals surface area contributed by atoms with E-state index in [0.29, 0.717) is 19.7 Å². The van der Waals surface area contributed by atoms with Crippen LogP contribution >= 0.6 is 22.6 Å². The van der Waals surface area contributed by atoms with E-state index in [0.717, 1.165) is 40.0 Å². The highest BCUT2D eigenvalue weighted by Gasteiger charge is 2.30. The molecular weight excluding hydrogens is 577 g/mol. The van der Waals surface area contributed by atoms with Gasteiger partial charge in [-0.05, 0) is 93.4 Å². The van der Waals surface area contributed by atoms with Crippen LogP contribution in [-0.2, 0) is 11.3 Å². The Morgan fingerprint density at radius 3 is 2.16 bits per heavy atom. The number of hydrogen-bond acceptors (Lipinski definition) is 4. The molecule has 5 rings (SSSR count). The summed E-state index contributed by atoms with van der Waals surface area (Å²) in [5.41, 5.74) is 19.1. The van der Waals surface area contributed by atoms with E-state index in [1.807, 2.05) is 30.9 Å². The number of carbonyl (C=O) groups is 1. The predicted molar refractivity (Wildman–Crippen MR) is 154 cm³/mol. The Bertz CT molecular complexity index is 1360. The third-order valence-electron chi connectivity index (χ3n) is 7.77. The summed E-state index contributed by atoms with van der Waals surface area (Å²) in [6.45, 7) is 10.1. The zero-order valence-corrected chi connectivity index (χ0v) is 23.5. The van der Waals surface area contributed by atoms with Crippen LogP contribution in [0.2, 0.25) is 0 Å². The van der Waals surface area contributed by atoms with Crippen molar-refractivity contribution in [2.24, 2.45) is 5.11 Å². The first-order valence-corrected chi connectivity index (χ1v) is 13.6. The number of amides is 1. The minimum Gasteiger partial charge on any atom is -0.448 e. The first-order valence-electron chi connectivity index (χ1n) is 12.6. The number of hydrogen-bond donors (Lipinski definition) is 0. The van der Waals surface area contributed by atoms with Crippen molar-refractivity contribution in [1.29, 1.82) is 0 Å². The first-order chi connectivity index (χ1) is 17.9. The monoisotopic (exact) mass is 607 g/mol. The minimum atomic E-state index is -0.246. The normalized spacial score (nSPS) is 15.2. The second-order valence-corrected chi connectivity index (χ2v) is 10.9. The average Bonchev–Trinajstić information content (AvgIpc) is 3.25. The van der Waals surface area contributed by atoms with Gasteiger partial charge < -0.3 is 9.64 Å². The van der Waals surface area contributed by atoms with E-state index in [-0.39, 0.29) is 12.0 Å². The van der Waals surface area contributed by atoms with Crippen molar-refractivity contribution in [2.45, 2.75) is 33.2 Å². The summed E-state index contributed by atoms with van der Waals surface area (Å²) >= 11 is 2.34. The first kappa shape index (κ1) is 25.6. The molecule has 3 aromatic rings. The molecule has 0 spiro atoms. The van der Waals surface area contributed by atoms with Gasteiger partial charge in [0.05, 0.1) is 0 Å². The molecule has 0 aromatic heterocycles. The number of carbonyl (C=O) groups excluding carboxylic acids is 1. The number of rotatable bonds is 5. The minimum absolute atomic E-state index is 0.0675. The van der Waals surface area contributed by atoms with Crippen molar-refractivity contribution >= 4 is 34.4 Å². The van der Waals surface area contributed by atoms with Crippen LogP contribution in [0, 0.1) is 24.3 Å². The van der Waals surface area contributed by atoms with Gasteiger partial charge in [0.25, 0.3) is 0 Å². The zero-order chi connectivity index (χ0) is 26.1. The van der Waals surface area contributed by atoms with Crippen molar-refractivity contribution in [3.63, 3.8) is 0 Å². The zero-order valence-electron chi connectivity index (χ0n) is 21.4. The van der Waals surface area contributed by atoms with Crippen molar-refractivity contribution in [3.8, 4) is 11.1 Å². The van der Waals surface area contributed by atoms with Crippen LogP contribution in [0.15, 0.2) is 53.6 Å². The molecule has 1 saturated heterocycles. The quantitative estimate of drug-likeness (QED) is 0.133. The third-order valence-corrected chi connectivity index (χ3v) is 9.39. The standard InChI is InChI=1S/C29H30IN5O2/c1-18-25(19(2)28(32-33-31)20(3)27(18)30)16-34-12-14-35(15-13-34)29(36)37-17-26-23-10-6-4-8-21(23)22-9-5-7-11-24(22)26/h4-11,26H,12-17H2,1-3H3. The van der Waals surface area contributed by atoms with Gasteiger partial charge in [0.1, 0.15) is 6.61 Å². The lowest BCUT2D eigenvalue weighted by Gasteiger charge is -2.35. The molecule has 1 heterocycles. The summed E-state index contributed by atoms with van der Waals surface area (Å²) in [5, 5.41) is 3.97. The molecule has 8 heteroatoms. The van der Waals surface area contributed by atoms with E-state index < -0.39 is 0 Å². The Morgan fingerprint density at radius 2 is 1.57 bits per heavy atom. The van der Waals surface area contributed by atoms with Crippen LogP contribution in [0.4, 0.5) is 10.5 Å². The molecule has 0 unspecified atom stereocenters. The predicted octanol–water partition coefficient (Wildman–Crippen LogP) is 7.22. The van der Waals surface area contributed by atoms with Crippen LogP contribution < -0.4 is 0 Å². The number of halogens is 1. The van der Waals surface area contributed by atoms with Gasteiger partial charge in [-0.3, -0.25) is 4.90 Å². The molecule has 7 nitrogen and oxygen atoms in total. The molecule has 2 aliphatic rings. The number of piperazine rings is 1. The highest BCUT2D eigenvalue weighted by Crippen LogP contribution is 2.44. The van der Waals surface area contributed by atoms with E-state index in [9.17, 15) is 4.79 Å². The molecule has 190 valence electrons. The van der Waals surface area contributed by atoms with E-state index >= 15 is 0 Å². The van der Waals surface area contributed by atoms with Gasteiger partial charge in [0, 0.05) is 52.8 Å². The van der Waals surface area contributed by atoms with Gasteiger partial charge in [-0.2, -0.15) is 0 Å². The fraction of sp³-hybridized carbons (Fsp3) is 0.345. The molecule has 3 aromatic carbocycles. The fourth-order valence-corrected chi connectivity index (χ4v) is 6.23. The number of nitrogens with zero attached hydrogens (tertiary/aromatic N) is 5. The number of ether oxygens (including phenoxy) is 1. The average molecular weight is 607 g/mol. The lowest BCUT2D eigenvalue weighted by Crippen LogP contribution is -2.48. The van der Waals surface area contributed by atoms with Crippen LogP contribution in [0.5, 0.6) is 0 Å². The second kappa shape index (κ2) is 10.7. The topological polar surface area (TPSA) is 81.5 Å². The Labute approximate surface area is 231 Å². The molecule has 1 aliphatic carbocycles. The molecule has 1 fully saturated rings. The summed E-state index contributed by atoms with van der Waals surface area (Å²) in [6, 6.07) is 16.8. The van der Waals surface area contributed by atoms with E-state index in [4.69, 9.17) is 10.3 Å². The lowest BCUT2D eigenvalue weighted by molar-refractivity contribution is 0.0727. The van der Waals surface area contributed by atoms with Crippen LogP contribution in [0.1, 0.15) is 39.3 Å². The van der Waals surface area contributed by atoms with Crippen molar-refractivity contribution in [2.75, 3.05) is 32.8 Å². The number of azide groups is 1. The summed E-state index contributed by atoms with van der Waals surface area (Å²) in [6.07, 6.45) is -0.246. The van der Waals surface area contributed by atoms with Crippen molar-refractivity contribution < 1.29 is 9.53 Å². The molecule has 1 aliphatic heterocycles. The van der Waals surface area contributed by atoms with Crippen molar-refractivity contribution in [3.05, 3.63) is 95.9 Å². The molecule has 0 saturated carbocycles. The van der Waals surface area contributed by atoms with Gasteiger partial charge in [0.2, 0.25) is 0 Å². The SMILES string of the molecule is Cc1c(I)c(C)c(N=[N+]=[N-])c(C)c1CN1CCN(C(=O)OCC2c3ccccc3-c3ccccc32)CC1. The van der Waals surface area contributed by atoms with Gasteiger partial charge in [-0.1, -0.05) is 53.6 Å². The Morgan fingerprint density at radius 1 is 0.973 bits per heavy atom. The van der Waals surface area contributed by atoms with E-state index in [2.05, 4.69) is 80.8 Å². The number of benzene rings is 3. The molecule has 37 heavy (non-hydrogen) atoms. The molecular formula is C29H30IN5O2. The maximum absolute atomic E-state index is 13.0. The smallest absolute Gasteiger partial charge is 0.409 e. The molecule has 0 N–H and O–H groups in total. The molecule has 0 radical (unpaired) electrons. The maximum atomic E-state index is 13.0. The molecule has 0 atom stereocenters. The van der Waals surface area contributed by atoms with Crippen LogP contribution in [0.25, 0.3) is 21.6 Å². The van der Waals surface area contributed by atoms with Crippen molar-refractivity contribution in [1.82, 2.24) is 9.80 Å². The third kappa shape index (κ3) is 4.81. The summed E-state index contributed by atoms with van der Waals surface area (Å²) < 4.78 is 7.00. The molecule has 0 bridgehead atoms. The highest BCUT2D eigenvalue weighted by molar-refractivity contribution is 14.1. The Balaban J connectivity index is 1.21. The largest absolute Gasteiger partial charge is 0.448 e. The van der Waals surface area contributed by atoms with Gasteiger partial charge in [0.15, 0.2) is 0 Å². The van der Waals surface area contributed by atoms with E-state index in [1.165, 1.54) is 33.4 Å². The van der Waals surface area contributed by atoms with E-state index in [1.54, 1.807) is 0 Å². The van der Waals surface area contributed by atoms with Gasteiger partial charge >= 0.3 is 6.09 Å². The fourth-order valence-electron chi connectivity index (χ4n) is 5.65. The summed E-state index contributed by atoms with van der Waals surface area (Å²) in [7, 11) is 0. The summed E-state index contributed by atoms with van der Waals surface area (Å²) in [5.74, 6) is 0.0675. The number of fused-ring (bicyclic) bond motifs is 3. The lowest BCUT2D eigenvalue weighted by atomic mass is 9.97. The maximum Gasteiger partial charge on any atom is 0.409 e.